The Bertz CT molecular complexity index is 1400. The zero-order valence-corrected chi connectivity index (χ0v) is 30.9. The van der Waals surface area contributed by atoms with Gasteiger partial charge in [0.2, 0.25) is 0 Å². The van der Waals surface area contributed by atoms with Crippen LogP contribution in [0.25, 0.3) is 0 Å². The third-order valence-electron chi connectivity index (χ3n) is 10.8. The van der Waals surface area contributed by atoms with E-state index in [1.165, 1.54) is 33.6 Å². The highest BCUT2D eigenvalue weighted by Crippen LogP contribution is 2.36. The van der Waals surface area contributed by atoms with E-state index >= 15 is 0 Å². The topological polar surface area (TPSA) is 113 Å². The van der Waals surface area contributed by atoms with Crippen LogP contribution in [0.4, 0.5) is 11.4 Å². The van der Waals surface area contributed by atoms with Crippen molar-refractivity contribution in [2.75, 3.05) is 115 Å². The Kier molecular flexibility index (Phi) is 10.7. The zero-order chi connectivity index (χ0) is 35.0. The molecule has 8 heterocycles. The lowest BCUT2D eigenvalue weighted by atomic mass is 10.0. The molecule has 0 N–H and O–H groups in total. The molecule has 2 aromatic carbocycles. The van der Waals surface area contributed by atoms with Gasteiger partial charge in [-0.2, -0.15) is 0 Å². The van der Waals surface area contributed by atoms with E-state index in [4.69, 9.17) is 37.9 Å². The van der Waals surface area contributed by atoms with Crippen molar-refractivity contribution in [2.24, 2.45) is 0 Å². The van der Waals surface area contributed by atoms with Gasteiger partial charge in [-0.05, 0) is 42.2 Å². The first-order valence-electron chi connectivity index (χ1n) is 19.5. The Hall–Kier alpha value is -2.36. The van der Waals surface area contributed by atoms with Crippen molar-refractivity contribution >= 4 is 11.4 Å². The second kappa shape index (κ2) is 15.8. The van der Waals surface area contributed by atoms with E-state index in [1.807, 2.05) is 0 Å². The van der Waals surface area contributed by atoms with Crippen molar-refractivity contribution in [3.8, 4) is 0 Å². The lowest BCUT2D eigenvalue weighted by Gasteiger charge is -2.32. The summed E-state index contributed by atoms with van der Waals surface area (Å²) in [7, 11) is 0. The molecule has 8 atom stereocenters. The van der Waals surface area contributed by atoms with Gasteiger partial charge in [0, 0.05) is 76.8 Å². The molecule has 8 saturated heterocycles. The molecule has 12 heteroatoms. The summed E-state index contributed by atoms with van der Waals surface area (Å²) in [5.41, 5.74) is 8.04. The molecule has 0 aliphatic carbocycles. The van der Waals surface area contributed by atoms with E-state index in [0.717, 1.165) is 118 Å². The number of ether oxygens (including phenoxy) is 8. The first-order valence-corrected chi connectivity index (χ1v) is 19.5. The molecule has 8 unspecified atom stereocenters. The lowest BCUT2D eigenvalue weighted by Crippen LogP contribution is -2.35. The van der Waals surface area contributed by atoms with Crippen LogP contribution in [0.1, 0.15) is 22.3 Å². The summed E-state index contributed by atoms with van der Waals surface area (Å²) in [6.07, 6.45) is 3.16. The summed E-state index contributed by atoms with van der Waals surface area (Å²) in [6.45, 7) is 21.3. The molecule has 0 saturated carbocycles. The molecule has 0 amide bonds. The molecule has 52 heavy (non-hydrogen) atoms. The number of epoxide rings is 8. The summed E-state index contributed by atoms with van der Waals surface area (Å²) in [5, 5.41) is 0. The maximum Gasteiger partial charge on any atom is 0.0984 e. The largest absolute Gasteiger partial charge is 0.372 e. The van der Waals surface area contributed by atoms with E-state index in [1.54, 1.807) is 0 Å². The molecule has 8 aliphatic heterocycles. The molecule has 8 aliphatic rings. The van der Waals surface area contributed by atoms with Gasteiger partial charge in [-0.1, -0.05) is 30.3 Å². The Morgan fingerprint density at radius 3 is 1.17 bits per heavy atom. The average Bonchev–Trinajstić information content (AvgIpc) is 3.90. The highest BCUT2D eigenvalue weighted by molar-refractivity contribution is 5.71. The monoisotopic (exact) mass is 720 g/mol. The van der Waals surface area contributed by atoms with Crippen molar-refractivity contribution in [1.29, 1.82) is 0 Å². The molecule has 0 spiro atoms. The van der Waals surface area contributed by atoms with Crippen molar-refractivity contribution in [3.05, 3.63) is 58.7 Å². The Morgan fingerprint density at radius 2 is 0.808 bits per heavy atom. The quantitative estimate of drug-likeness (QED) is 0.167. The molecule has 0 radical (unpaired) electrons. The fourth-order valence-corrected chi connectivity index (χ4v) is 7.46. The lowest BCUT2D eigenvalue weighted by molar-refractivity contribution is 0.210. The first-order chi connectivity index (χ1) is 25.5. The summed E-state index contributed by atoms with van der Waals surface area (Å²) in [4.78, 5) is 9.88. The fourth-order valence-electron chi connectivity index (χ4n) is 7.46. The summed E-state index contributed by atoms with van der Waals surface area (Å²) < 4.78 is 43.7. The average molecular weight is 721 g/mol. The molecule has 10 rings (SSSR count). The van der Waals surface area contributed by atoms with Gasteiger partial charge in [-0.25, -0.2) is 0 Å². The van der Waals surface area contributed by atoms with Crippen LogP contribution < -0.4 is 9.80 Å². The number of nitrogens with zero attached hydrogens (tertiary/aromatic N) is 4. The number of hydrogen-bond acceptors (Lipinski definition) is 12. The van der Waals surface area contributed by atoms with Gasteiger partial charge in [0.15, 0.2) is 0 Å². The fraction of sp³-hybridized carbons (Fsp3) is 0.700. The number of hydrogen-bond donors (Lipinski definition) is 0. The number of rotatable bonds is 22. The van der Waals surface area contributed by atoms with E-state index in [-0.39, 0.29) is 0 Å². The van der Waals surface area contributed by atoms with Crippen LogP contribution in [-0.2, 0) is 51.0 Å². The molecule has 8 fully saturated rings. The Balaban J connectivity index is 0.000000138. The minimum absolute atomic E-state index is 0.368. The smallest absolute Gasteiger partial charge is 0.0984 e. The summed E-state index contributed by atoms with van der Waals surface area (Å²) in [5.74, 6) is 0. The van der Waals surface area contributed by atoms with Crippen molar-refractivity contribution in [2.45, 2.75) is 75.8 Å². The van der Waals surface area contributed by atoms with Gasteiger partial charge in [0.25, 0.3) is 0 Å². The highest BCUT2D eigenvalue weighted by atomic mass is 16.6. The third kappa shape index (κ3) is 11.1. The molecule has 2 aromatic rings. The van der Waals surface area contributed by atoms with Crippen LogP contribution >= 0.6 is 0 Å². The second-order valence-electron chi connectivity index (χ2n) is 16.0. The van der Waals surface area contributed by atoms with Gasteiger partial charge in [0.05, 0.1) is 102 Å². The van der Waals surface area contributed by atoms with Crippen LogP contribution in [0.2, 0.25) is 0 Å². The minimum atomic E-state index is 0.368. The number of anilines is 2. The Labute approximate surface area is 308 Å². The SMILES string of the molecule is Cc1ccc(N(CC2CO2)CC2CO2)c(C)c1N(CC1CO1)CC1CO1.c1cc(CN(CC2CO2)CC2CO2)cc(CN(CC2CO2)CC2CO2)c1. The molecule has 0 aromatic heterocycles. The zero-order valence-electron chi connectivity index (χ0n) is 30.9. The van der Waals surface area contributed by atoms with E-state index in [0.29, 0.717) is 48.8 Å². The molecular formula is C40H56N4O8. The molecular weight excluding hydrogens is 664 g/mol. The van der Waals surface area contributed by atoms with E-state index in [2.05, 4.69) is 69.8 Å². The van der Waals surface area contributed by atoms with Gasteiger partial charge < -0.3 is 47.7 Å². The van der Waals surface area contributed by atoms with Crippen LogP contribution in [0.5, 0.6) is 0 Å². The number of aryl methyl sites for hydroxylation is 1. The highest BCUT2D eigenvalue weighted by Gasteiger charge is 2.36. The number of benzene rings is 2. The van der Waals surface area contributed by atoms with Crippen LogP contribution in [0, 0.1) is 13.8 Å². The van der Waals surface area contributed by atoms with Crippen molar-refractivity contribution in [1.82, 2.24) is 9.80 Å². The normalized spacial score (nSPS) is 31.2. The van der Waals surface area contributed by atoms with E-state index in [9.17, 15) is 0 Å². The second-order valence-corrected chi connectivity index (χ2v) is 16.0. The first kappa shape index (κ1) is 35.3. The van der Waals surface area contributed by atoms with Crippen LogP contribution in [-0.4, -0.2) is 164 Å². The summed E-state index contributed by atoms with van der Waals surface area (Å²) in [6, 6.07) is 13.5. The third-order valence-corrected chi connectivity index (χ3v) is 10.8. The predicted octanol–water partition coefficient (Wildman–Crippen LogP) is 2.40. The van der Waals surface area contributed by atoms with Crippen LogP contribution in [0.3, 0.4) is 0 Å². The summed E-state index contributed by atoms with van der Waals surface area (Å²) >= 11 is 0. The molecule has 0 bridgehead atoms. The van der Waals surface area contributed by atoms with Crippen LogP contribution in [0.15, 0.2) is 36.4 Å². The van der Waals surface area contributed by atoms with Gasteiger partial charge >= 0.3 is 0 Å². The van der Waals surface area contributed by atoms with E-state index < -0.39 is 0 Å². The maximum absolute atomic E-state index is 5.52. The van der Waals surface area contributed by atoms with Gasteiger partial charge in [-0.15, -0.1) is 0 Å². The van der Waals surface area contributed by atoms with Crippen molar-refractivity contribution in [3.63, 3.8) is 0 Å². The predicted molar refractivity (Wildman–Crippen MR) is 195 cm³/mol. The minimum Gasteiger partial charge on any atom is -0.372 e. The van der Waals surface area contributed by atoms with Gasteiger partial charge in [-0.3, -0.25) is 9.80 Å². The van der Waals surface area contributed by atoms with Crippen molar-refractivity contribution < 1.29 is 37.9 Å². The molecule has 284 valence electrons. The standard InChI is InChI=1S/2C20H28N2O4/c1-13-3-4-19(21(5-15-9-23-15)6-16-10-24-16)14(2)20(13)22(7-17-11-25-17)8-18-12-26-18;1-2-15(5-21(7-17-11-23-17)8-18-12-24-18)4-16(3-1)6-22(9-19-13-25-19)10-20-14-26-20/h3-4,15-18H,5-12H2,1-2H3;1-4,17-20H,5-14H2. The Morgan fingerprint density at radius 1 is 0.462 bits per heavy atom. The molecule has 12 nitrogen and oxygen atoms in total. The maximum atomic E-state index is 5.52. The van der Waals surface area contributed by atoms with Gasteiger partial charge in [0.1, 0.15) is 0 Å².